The molecule has 0 aliphatic carbocycles. The zero-order valence-electron chi connectivity index (χ0n) is 11.2. The molecule has 18 heavy (non-hydrogen) atoms. The lowest BCUT2D eigenvalue weighted by Gasteiger charge is -2.10. The first-order valence-corrected chi connectivity index (χ1v) is 6.92. The van der Waals surface area contributed by atoms with Crippen LogP contribution < -0.4 is 10.1 Å². The summed E-state index contributed by atoms with van der Waals surface area (Å²) < 4.78 is 11.1. The number of fused-ring (bicyclic) bond motifs is 1. The molecule has 0 spiro atoms. The minimum Gasteiger partial charge on any atom is -0.493 e. The Labute approximate surface area is 109 Å². The first kappa shape index (κ1) is 13.4. The summed E-state index contributed by atoms with van der Waals surface area (Å²) in [6, 6.07) is 8.33. The molecule has 0 fully saturated rings. The standard InChI is InChI=1S/C15H23NO2/c1-2-9-17-10-5-8-16-11-13-12-18-15-7-4-3-6-14(13)15/h3-4,6-7,13,16H,2,5,8-12H2,1H3. The fraction of sp³-hybridized carbons (Fsp3) is 0.600. The van der Waals surface area contributed by atoms with Crippen molar-refractivity contribution in [1.29, 1.82) is 0 Å². The van der Waals surface area contributed by atoms with Crippen LogP contribution in [0.1, 0.15) is 31.2 Å². The van der Waals surface area contributed by atoms with E-state index in [4.69, 9.17) is 9.47 Å². The van der Waals surface area contributed by atoms with Crippen molar-refractivity contribution in [2.75, 3.05) is 32.9 Å². The smallest absolute Gasteiger partial charge is 0.122 e. The highest BCUT2D eigenvalue weighted by Gasteiger charge is 2.22. The molecule has 0 aromatic heterocycles. The van der Waals surface area contributed by atoms with Gasteiger partial charge < -0.3 is 14.8 Å². The predicted octanol–water partition coefficient (Wildman–Crippen LogP) is 2.57. The normalized spacial score (nSPS) is 17.5. The van der Waals surface area contributed by atoms with Gasteiger partial charge in [0.1, 0.15) is 5.75 Å². The Hall–Kier alpha value is -1.06. The topological polar surface area (TPSA) is 30.5 Å². The van der Waals surface area contributed by atoms with Crippen molar-refractivity contribution >= 4 is 0 Å². The molecular formula is C15H23NO2. The number of ether oxygens (including phenoxy) is 2. The van der Waals surface area contributed by atoms with Gasteiger partial charge in [0.25, 0.3) is 0 Å². The average Bonchev–Trinajstić information content (AvgIpc) is 2.81. The van der Waals surface area contributed by atoms with Gasteiger partial charge in [-0.15, -0.1) is 0 Å². The summed E-state index contributed by atoms with van der Waals surface area (Å²) in [5.41, 5.74) is 1.34. The fourth-order valence-electron chi connectivity index (χ4n) is 2.22. The van der Waals surface area contributed by atoms with Gasteiger partial charge in [0, 0.05) is 31.2 Å². The van der Waals surface area contributed by atoms with E-state index in [9.17, 15) is 0 Å². The highest BCUT2D eigenvalue weighted by molar-refractivity contribution is 5.39. The molecule has 1 heterocycles. The van der Waals surface area contributed by atoms with Crippen LogP contribution in [0.3, 0.4) is 0 Å². The fourth-order valence-corrected chi connectivity index (χ4v) is 2.22. The van der Waals surface area contributed by atoms with E-state index < -0.39 is 0 Å². The Bertz CT molecular complexity index is 354. The van der Waals surface area contributed by atoms with Crippen LogP contribution in [0.2, 0.25) is 0 Å². The first-order chi connectivity index (χ1) is 8.92. The first-order valence-electron chi connectivity index (χ1n) is 6.92. The van der Waals surface area contributed by atoms with Crippen molar-refractivity contribution in [3.63, 3.8) is 0 Å². The summed E-state index contributed by atoms with van der Waals surface area (Å²) >= 11 is 0. The van der Waals surface area contributed by atoms with Gasteiger partial charge in [-0.25, -0.2) is 0 Å². The van der Waals surface area contributed by atoms with E-state index in [0.717, 1.165) is 51.5 Å². The van der Waals surface area contributed by atoms with E-state index >= 15 is 0 Å². The van der Waals surface area contributed by atoms with Gasteiger partial charge >= 0.3 is 0 Å². The number of nitrogens with one attached hydrogen (secondary N) is 1. The van der Waals surface area contributed by atoms with E-state index in [0.29, 0.717) is 5.92 Å². The zero-order valence-corrected chi connectivity index (χ0v) is 11.2. The van der Waals surface area contributed by atoms with Crippen LogP contribution >= 0.6 is 0 Å². The Morgan fingerprint density at radius 3 is 3.11 bits per heavy atom. The van der Waals surface area contributed by atoms with E-state index in [2.05, 4.69) is 24.4 Å². The zero-order chi connectivity index (χ0) is 12.6. The second-order valence-electron chi connectivity index (χ2n) is 4.72. The number of para-hydroxylation sites is 1. The Morgan fingerprint density at radius 1 is 1.33 bits per heavy atom. The maximum atomic E-state index is 5.66. The van der Waals surface area contributed by atoms with Crippen LogP contribution in [0.4, 0.5) is 0 Å². The summed E-state index contributed by atoms with van der Waals surface area (Å²) in [6.45, 7) is 6.68. The van der Waals surface area contributed by atoms with Gasteiger partial charge in [-0.1, -0.05) is 25.1 Å². The van der Waals surface area contributed by atoms with E-state index in [-0.39, 0.29) is 0 Å². The number of hydrogen-bond donors (Lipinski definition) is 1. The molecule has 3 heteroatoms. The molecule has 1 aromatic rings. The Kier molecular flexibility index (Phi) is 5.49. The molecule has 0 radical (unpaired) electrons. The van der Waals surface area contributed by atoms with Gasteiger partial charge in [-0.2, -0.15) is 0 Å². The van der Waals surface area contributed by atoms with Crippen molar-refractivity contribution < 1.29 is 9.47 Å². The SMILES string of the molecule is CCCOCCCNCC1COc2ccccc21. The summed E-state index contributed by atoms with van der Waals surface area (Å²) in [4.78, 5) is 0. The quantitative estimate of drug-likeness (QED) is 0.718. The maximum Gasteiger partial charge on any atom is 0.122 e. The molecule has 100 valence electrons. The molecule has 0 saturated heterocycles. The lowest BCUT2D eigenvalue weighted by atomic mass is 10.0. The third kappa shape index (κ3) is 3.72. The van der Waals surface area contributed by atoms with E-state index in [1.54, 1.807) is 0 Å². The van der Waals surface area contributed by atoms with E-state index in [1.165, 1.54) is 5.56 Å². The van der Waals surface area contributed by atoms with Gasteiger partial charge in [0.15, 0.2) is 0 Å². The van der Waals surface area contributed by atoms with Crippen LogP contribution in [-0.2, 0) is 4.74 Å². The molecule has 1 aliphatic heterocycles. The van der Waals surface area contributed by atoms with Crippen molar-refractivity contribution in [2.45, 2.75) is 25.7 Å². The van der Waals surface area contributed by atoms with Gasteiger partial charge in [0.05, 0.1) is 6.61 Å². The summed E-state index contributed by atoms with van der Waals surface area (Å²) in [7, 11) is 0. The van der Waals surface area contributed by atoms with Crippen molar-refractivity contribution in [3.05, 3.63) is 29.8 Å². The molecule has 0 saturated carbocycles. The second-order valence-corrected chi connectivity index (χ2v) is 4.72. The largest absolute Gasteiger partial charge is 0.493 e. The lowest BCUT2D eigenvalue weighted by molar-refractivity contribution is 0.132. The average molecular weight is 249 g/mol. The predicted molar refractivity (Wildman–Crippen MR) is 73.3 cm³/mol. The molecular weight excluding hydrogens is 226 g/mol. The van der Waals surface area contributed by atoms with E-state index in [1.807, 2.05) is 12.1 Å². The third-order valence-corrected chi connectivity index (χ3v) is 3.18. The monoisotopic (exact) mass is 249 g/mol. The summed E-state index contributed by atoms with van der Waals surface area (Å²) in [6.07, 6.45) is 2.18. The molecule has 1 N–H and O–H groups in total. The van der Waals surface area contributed by atoms with Crippen LogP contribution in [0.25, 0.3) is 0 Å². The van der Waals surface area contributed by atoms with Gasteiger partial charge in [0.2, 0.25) is 0 Å². The lowest BCUT2D eigenvalue weighted by Crippen LogP contribution is -2.24. The molecule has 3 nitrogen and oxygen atoms in total. The molecule has 1 aromatic carbocycles. The second kappa shape index (κ2) is 7.39. The minimum absolute atomic E-state index is 0.498. The molecule has 0 amide bonds. The minimum atomic E-state index is 0.498. The Balaban J connectivity index is 1.61. The van der Waals surface area contributed by atoms with Crippen molar-refractivity contribution in [3.8, 4) is 5.75 Å². The van der Waals surface area contributed by atoms with Gasteiger partial charge in [-0.3, -0.25) is 0 Å². The van der Waals surface area contributed by atoms with Crippen LogP contribution in [0.15, 0.2) is 24.3 Å². The third-order valence-electron chi connectivity index (χ3n) is 3.18. The number of hydrogen-bond acceptors (Lipinski definition) is 3. The Morgan fingerprint density at radius 2 is 2.22 bits per heavy atom. The molecule has 2 rings (SSSR count). The number of rotatable bonds is 8. The summed E-state index contributed by atoms with van der Waals surface area (Å²) in [5, 5.41) is 3.49. The van der Waals surface area contributed by atoms with Crippen LogP contribution in [0, 0.1) is 0 Å². The molecule has 1 atom stereocenters. The molecule has 1 unspecified atom stereocenters. The van der Waals surface area contributed by atoms with Crippen molar-refractivity contribution in [1.82, 2.24) is 5.32 Å². The number of benzene rings is 1. The van der Waals surface area contributed by atoms with Crippen LogP contribution in [-0.4, -0.2) is 32.9 Å². The van der Waals surface area contributed by atoms with Gasteiger partial charge in [-0.05, 0) is 25.5 Å². The van der Waals surface area contributed by atoms with Crippen LogP contribution in [0.5, 0.6) is 5.75 Å². The molecule has 0 bridgehead atoms. The maximum absolute atomic E-state index is 5.66. The van der Waals surface area contributed by atoms with Crippen molar-refractivity contribution in [2.24, 2.45) is 0 Å². The summed E-state index contributed by atoms with van der Waals surface area (Å²) in [5.74, 6) is 1.55. The molecule has 1 aliphatic rings. The highest BCUT2D eigenvalue weighted by Crippen LogP contribution is 2.32. The highest BCUT2D eigenvalue weighted by atomic mass is 16.5.